The Balaban J connectivity index is 1.83. The highest BCUT2D eigenvalue weighted by Crippen LogP contribution is 2.29. The highest BCUT2D eigenvalue weighted by Gasteiger charge is 2.36. The highest BCUT2D eigenvalue weighted by molar-refractivity contribution is 7.92. The van der Waals surface area contributed by atoms with Gasteiger partial charge in [-0.25, -0.2) is 13.4 Å². The highest BCUT2D eigenvalue weighted by atomic mass is 32.2. The van der Waals surface area contributed by atoms with E-state index in [1.165, 1.54) is 18.6 Å². The topological polar surface area (TPSA) is 108 Å². The van der Waals surface area contributed by atoms with E-state index in [-0.39, 0.29) is 11.7 Å². The van der Waals surface area contributed by atoms with Crippen LogP contribution in [0.1, 0.15) is 30.9 Å². The maximum absolute atomic E-state index is 12.6. The molecule has 0 radical (unpaired) electrons. The molecule has 2 aromatic rings. The van der Waals surface area contributed by atoms with Crippen LogP contribution in [0.4, 0.5) is 0 Å². The molecule has 118 valence electrons. The first-order valence-electron chi connectivity index (χ1n) is 6.99. The van der Waals surface area contributed by atoms with E-state index >= 15 is 0 Å². The van der Waals surface area contributed by atoms with Gasteiger partial charge in [-0.1, -0.05) is 5.16 Å². The summed E-state index contributed by atoms with van der Waals surface area (Å²) in [5, 5.41) is 2.51. The van der Waals surface area contributed by atoms with Gasteiger partial charge in [-0.15, -0.1) is 0 Å². The van der Waals surface area contributed by atoms with E-state index in [1.807, 2.05) is 0 Å². The fourth-order valence-electron chi connectivity index (χ4n) is 2.35. The van der Waals surface area contributed by atoms with Crippen LogP contribution in [-0.4, -0.2) is 47.0 Å². The van der Waals surface area contributed by atoms with Crippen LogP contribution >= 0.6 is 0 Å². The van der Waals surface area contributed by atoms with Crippen LogP contribution < -0.4 is 0 Å². The summed E-state index contributed by atoms with van der Waals surface area (Å²) in [5.74, 6) is 0.310. The molecule has 0 aromatic carbocycles. The van der Waals surface area contributed by atoms with Gasteiger partial charge in [0.25, 0.3) is 0 Å². The molecule has 1 atom stereocenters. The van der Waals surface area contributed by atoms with E-state index < -0.39 is 20.3 Å². The lowest BCUT2D eigenvalue weighted by molar-refractivity contribution is 0.0981. The van der Waals surface area contributed by atoms with Crippen molar-refractivity contribution in [3.8, 4) is 11.5 Å². The van der Waals surface area contributed by atoms with Crippen LogP contribution in [0.25, 0.3) is 11.5 Å². The molecule has 2 aromatic heterocycles. The third-order valence-electron chi connectivity index (χ3n) is 3.71. The van der Waals surface area contributed by atoms with Crippen LogP contribution in [0.3, 0.4) is 0 Å². The number of ether oxygens (including phenoxy) is 1. The third kappa shape index (κ3) is 2.86. The lowest BCUT2D eigenvalue weighted by Gasteiger charge is -2.23. The first-order valence-corrected chi connectivity index (χ1v) is 8.60. The van der Waals surface area contributed by atoms with Gasteiger partial charge in [0.2, 0.25) is 11.7 Å². The van der Waals surface area contributed by atoms with Crippen LogP contribution in [0.2, 0.25) is 0 Å². The molecular weight excluding hydrogens is 308 g/mol. The Bertz CT molecular complexity index is 726. The van der Waals surface area contributed by atoms with Crippen molar-refractivity contribution in [3.05, 3.63) is 24.5 Å². The fraction of sp³-hybridized carbons (Fsp3) is 0.538. The Morgan fingerprint density at radius 1 is 1.27 bits per heavy atom. The molecule has 1 unspecified atom stereocenters. The number of aromatic nitrogens is 4. The Morgan fingerprint density at radius 2 is 2.05 bits per heavy atom. The van der Waals surface area contributed by atoms with Gasteiger partial charge >= 0.3 is 0 Å². The second-order valence-corrected chi connectivity index (χ2v) is 7.64. The van der Waals surface area contributed by atoms with Crippen LogP contribution in [0.5, 0.6) is 0 Å². The molecule has 9 heteroatoms. The summed E-state index contributed by atoms with van der Waals surface area (Å²) >= 11 is 0. The Morgan fingerprint density at radius 3 is 2.73 bits per heavy atom. The normalized spacial score (nSPS) is 18.2. The predicted octanol–water partition coefficient (Wildman–Crippen LogP) is 1.18. The zero-order valence-electron chi connectivity index (χ0n) is 12.0. The molecule has 1 aliphatic rings. The Kier molecular flexibility index (Phi) is 4.16. The predicted molar refractivity (Wildman–Crippen MR) is 76.5 cm³/mol. The quantitative estimate of drug-likeness (QED) is 0.825. The minimum Gasteiger partial charge on any atom is -0.381 e. The van der Waals surface area contributed by atoms with Crippen molar-refractivity contribution in [1.82, 2.24) is 20.1 Å². The van der Waals surface area contributed by atoms with Crippen molar-refractivity contribution in [2.24, 2.45) is 0 Å². The summed E-state index contributed by atoms with van der Waals surface area (Å²) in [6.07, 6.45) is 5.53. The minimum absolute atomic E-state index is 0.0761. The summed E-state index contributed by atoms with van der Waals surface area (Å²) in [5.41, 5.74) is 0.438. The molecule has 0 amide bonds. The van der Waals surface area contributed by atoms with Gasteiger partial charge in [0.05, 0.1) is 11.4 Å². The summed E-state index contributed by atoms with van der Waals surface area (Å²) in [6.45, 7) is 2.50. The van der Waals surface area contributed by atoms with Crippen molar-refractivity contribution < 1.29 is 17.7 Å². The number of hydrogen-bond donors (Lipinski definition) is 0. The van der Waals surface area contributed by atoms with E-state index in [1.54, 1.807) is 6.92 Å². The standard InChI is InChI=1S/C13H16N4O4S/c1-9(22(18,19)10-2-6-20-7-3-10)13-16-12(17-21-13)11-8-14-4-5-15-11/h4-5,8-10H,2-3,6-7H2,1H3. The van der Waals surface area contributed by atoms with Crippen molar-refractivity contribution in [3.63, 3.8) is 0 Å². The lowest BCUT2D eigenvalue weighted by Crippen LogP contribution is -2.31. The number of rotatable bonds is 4. The molecule has 3 rings (SSSR count). The van der Waals surface area contributed by atoms with Crippen molar-refractivity contribution in [1.29, 1.82) is 0 Å². The van der Waals surface area contributed by atoms with Crippen molar-refractivity contribution in [2.75, 3.05) is 13.2 Å². The molecule has 0 bridgehead atoms. The van der Waals surface area contributed by atoms with Crippen LogP contribution in [0.15, 0.2) is 23.1 Å². The Hall–Kier alpha value is -1.87. The molecule has 1 saturated heterocycles. The number of sulfone groups is 1. The molecule has 1 aliphatic heterocycles. The van der Waals surface area contributed by atoms with E-state index in [2.05, 4.69) is 20.1 Å². The summed E-state index contributed by atoms with van der Waals surface area (Å²) in [4.78, 5) is 12.1. The second-order valence-electron chi connectivity index (χ2n) is 5.09. The average Bonchev–Trinajstić information content (AvgIpc) is 3.05. The molecule has 0 N–H and O–H groups in total. The number of nitrogens with zero attached hydrogens (tertiary/aromatic N) is 4. The molecule has 0 saturated carbocycles. The first kappa shape index (κ1) is 15.0. The zero-order chi connectivity index (χ0) is 15.6. The largest absolute Gasteiger partial charge is 0.381 e. The van der Waals surface area contributed by atoms with E-state index in [0.29, 0.717) is 31.7 Å². The lowest BCUT2D eigenvalue weighted by atomic mass is 10.2. The summed E-state index contributed by atoms with van der Waals surface area (Å²) in [7, 11) is -3.40. The fourth-order valence-corrected chi connectivity index (χ4v) is 4.16. The second kappa shape index (κ2) is 6.09. The third-order valence-corrected chi connectivity index (χ3v) is 6.30. The Labute approximate surface area is 127 Å². The molecule has 0 spiro atoms. The molecule has 3 heterocycles. The SMILES string of the molecule is CC(c1nc(-c2cnccn2)no1)S(=O)(=O)C1CCOCC1. The summed E-state index contributed by atoms with van der Waals surface area (Å²) < 4.78 is 35.6. The maximum Gasteiger partial charge on any atom is 0.245 e. The van der Waals surface area contributed by atoms with Crippen molar-refractivity contribution in [2.45, 2.75) is 30.3 Å². The average molecular weight is 324 g/mol. The monoisotopic (exact) mass is 324 g/mol. The van der Waals surface area contributed by atoms with Crippen LogP contribution in [0, 0.1) is 0 Å². The summed E-state index contributed by atoms with van der Waals surface area (Å²) in [6, 6.07) is 0. The zero-order valence-corrected chi connectivity index (χ0v) is 12.9. The maximum atomic E-state index is 12.6. The van der Waals surface area contributed by atoms with Gasteiger partial charge in [-0.3, -0.25) is 4.98 Å². The van der Waals surface area contributed by atoms with Crippen molar-refractivity contribution >= 4 is 9.84 Å². The minimum atomic E-state index is -3.40. The van der Waals surface area contributed by atoms with E-state index in [0.717, 1.165) is 0 Å². The van der Waals surface area contributed by atoms with Gasteiger partial charge in [-0.05, 0) is 19.8 Å². The molecular formula is C13H16N4O4S. The van der Waals surface area contributed by atoms with Gasteiger partial charge in [-0.2, -0.15) is 4.98 Å². The van der Waals surface area contributed by atoms with E-state index in [9.17, 15) is 8.42 Å². The molecule has 0 aliphatic carbocycles. The van der Waals surface area contributed by atoms with Gasteiger partial charge in [0, 0.05) is 25.6 Å². The molecule has 22 heavy (non-hydrogen) atoms. The van der Waals surface area contributed by atoms with Gasteiger partial charge in [0.15, 0.2) is 9.84 Å². The number of hydrogen-bond acceptors (Lipinski definition) is 8. The van der Waals surface area contributed by atoms with Gasteiger partial charge < -0.3 is 9.26 Å². The smallest absolute Gasteiger partial charge is 0.245 e. The van der Waals surface area contributed by atoms with Crippen LogP contribution in [-0.2, 0) is 14.6 Å². The van der Waals surface area contributed by atoms with E-state index in [4.69, 9.17) is 9.26 Å². The molecule has 8 nitrogen and oxygen atoms in total. The van der Waals surface area contributed by atoms with Gasteiger partial charge in [0.1, 0.15) is 10.9 Å². The molecule has 1 fully saturated rings. The first-order chi connectivity index (χ1) is 10.6.